The van der Waals surface area contributed by atoms with E-state index in [2.05, 4.69) is 29.4 Å². The van der Waals surface area contributed by atoms with E-state index in [-0.39, 0.29) is 0 Å². The smallest absolute Gasteiger partial charge is 0.223 e. The molecule has 0 spiro atoms. The maximum Gasteiger partial charge on any atom is 0.223 e. The van der Waals surface area contributed by atoms with E-state index < -0.39 is 0 Å². The third kappa shape index (κ3) is 4.00. The summed E-state index contributed by atoms with van der Waals surface area (Å²) in [5, 5.41) is 1.12. The summed E-state index contributed by atoms with van der Waals surface area (Å²) >= 11 is 3.55. The van der Waals surface area contributed by atoms with Crippen LogP contribution in [0.4, 0.5) is 5.13 Å². The molecule has 0 atom stereocenters. The average Bonchev–Trinajstić information content (AvgIpc) is 3.12. The van der Waals surface area contributed by atoms with Crippen molar-refractivity contribution in [1.82, 2.24) is 9.88 Å². The number of piperidine rings is 1. The number of carbonyl (C=O) groups is 1. The molecule has 4 rings (SSSR count). The Morgan fingerprint density at radius 3 is 2.77 bits per heavy atom. The fraction of sp³-hybridized carbons (Fsp3) is 0.579. The van der Waals surface area contributed by atoms with Gasteiger partial charge in [-0.15, -0.1) is 11.8 Å². The number of fused-ring (bicyclic) bond motifs is 1. The van der Waals surface area contributed by atoms with E-state index in [1.807, 2.05) is 4.90 Å². The molecular weight excluding hydrogens is 366 g/mol. The van der Waals surface area contributed by atoms with Gasteiger partial charge in [0.15, 0.2) is 5.13 Å². The largest absolute Gasteiger partial charge is 0.378 e. The highest BCUT2D eigenvalue weighted by atomic mass is 32.2. The highest BCUT2D eigenvalue weighted by Gasteiger charge is 2.26. The van der Waals surface area contributed by atoms with Gasteiger partial charge in [-0.1, -0.05) is 11.3 Å². The summed E-state index contributed by atoms with van der Waals surface area (Å²) in [5.41, 5.74) is 1.09. The first-order valence-corrected chi connectivity index (χ1v) is 11.3. The van der Waals surface area contributed by atoms with E-state index in [4.69, 9.17) is 9.72 Å². The number of aromatic nitrogens is 1. The summed E-state index contributed by atoms with van der Waals surface area (Å²) in [6.07, 6.45) is 4.93. The van der Waals surface area contributed by atoms with E-state index in [0.29, 0.717) is 31.5 Å². The number of amides is 1. The number of thioether (sulfide) groups is 1. The van der Waals surface area contributed by atoms with Crippen molar-refractivity contribution in [2.75, 3.05) is 50.5 Å². The molecule has 1 amide bonds. The molecule has 0 bridgehead atoms. The van der Waals surface area contributed by atoms with Gasteiger partial charge in [-0.3, -0.25) is 4.79 Å². The number of hydrogen-bond donors (Lipinski definition) is 0. The van der Waals surface area contributed by atoms with Crippen molar-refractivity contribution in [2.45, 2.75) is 24.2 Å². The van der Waals surface area contributed by atoms with Crippen LogP contribution >= 0.6 is 23.1 Å². The molecule has 3 heterocycles. The first-order valence-electron chi connectivity index (χ1n) is 9.28. The highest BCUT2D eigenvalue weighted by Crippen LogP contribution is 2.34. The summed E-state index contributed by atoms with van der Waals surface area (Å²) in [6.45, 7) is 4.86. The zero-order valence-electron chi connectivity index (χ0n) is 15.1. The Morgan fingerprint density at radius 2 is 2.04 bits per heavy atom. The van der Waals surface area contributed by atoms with Crippen LogP contribution in [0.3, 0.4) is 0 Å². The normalized spacial score (nSPS) is 19.3. The Balaban J connectivity index is 1.33. The van der Waals surface area contributed by atoms with Crippen LogP contribution in [0.25, 0.3) is 10.2 Å². The summed E-state index contributed by atoms with van der Waals surface area (Å²) in [4.78, 5) is 22.9. The number of rotatable bonds is 4. The predicted octanol–water partition coefficient (Wildman–Crippen LogP) is 3.48. The Morgan fingerprint density at radius 1 is 1.27 bits per heavy atom. The lowest BCUT2D eigenvalue weighted by Crippen LogP contribution is -2.42. The second kappa shape index (κ2) is 8.15. The monoisotopic (exact) mass is 391 g/mol. The van der Waals surface area contributed by atoms with Crippen molar-refractivity contribution < 1.29 is 9.53 Å². The van der Waals surface area contributed by atoms with Crippen molar-refractivity contribution in [3.05, 3.63) is 18.2 Å². The van der Waals surface area contributed by atoms with Gasteiger partial charge in [0.25, 0.3) is 0 Å². The Labute approximate surface area is 162 Å². The van der Waals surface area contributed by atoms with E-state index in [1.54, 1.807) is 23.1 Å². The van der Waals surface area contributed by atoms with Crippen molar-refractivity contribution >= 4 is 44.4 Å². The molecule has 2 fully saturated rings. The maximum absolute atomic E-state index is 12.4. The fourth-order valence-electron chi connectivity index (χ4n) is 3.67. The molecule has 1 aromatic heterocycles. The summed E-state index contributed by atoms with van der Waals surface area (Å²) in [5.74, 6) is 0.801. The van der Waals surface area contributed by atoms with Crippen LogP contribution in [-0.4, -0.2) is 61.4 Å². The van der Waals surface area contributed by atoms with Gasteiger partial charge in [-0.25, -0.2) is 4.98 Å². The molecule has 140 valence electrons. The van der Waals surface area contributed by atoms with Gasteiger partial charge in [-0.05, 0) is 43.2 Å². The van der Waals surface area contributed by atoms with Gasteiger partial charge >= 0.3 is 0 Å². The lowest BCUT2D eigenvalue weighted by molar-refractivity contribution is -0.136. The lowest BCUT2D eigenvalue weighted by Gasteiger charge is -2.33. The molecule has 2 aliphatic heterocycles. The second-order valence-electron chi connectivity index (χ2n) is 6.96. The molecule has 0 radical (unpaired) electrons. The summed E-state index contributed by atoms with van der Waals surface area (Å²) in [7, 11) is 0. The number of morpholine rings is 1. The van der Waals surface area contributed by atoms with Crippen LogP contribution in [-0.2, 0) is 9.53 Å². The van der Waals surface area contributed by atoms with Crippen molar-refractivity contribution in [1.29, 1.82) is 0 Å². The Bertz CT molecular complexity index is 765. The SMILES string of the molecule is CSc1ccc2nc(N3CCC(CC(=O)N4CCOCC4)CC3)sc2c1. The third-order valence-electron chi connectivity index (χ3n) is 5.30. The first kappa shape index (κ1) is 18.1. The fourth-order valence-corrected chi connectivity index (χ4v) is 5.24. The predicted molar refractivity (Wildman–Crippen MR) is 108 cm³/mol. The second-order valence-corrected chi connectivity index (χ2v) is 8.85. The highest BCUT2D eigenvalue weighted by molar-refractivity contribution is 7.98. The molecule has 26 heavy (non-hydrogen) atoms. The standard InChI is InChI=1S/C19H25N3O2S2/c1-25-15-2-3-16-17(13-15)26-19(20-16)22-6-4-14(5-7-22)12-18(23)21-8-10-24-11-9-21/h2-3,13-14H,4-12H2,1H3. The number of thiazole rings is 1. The quantitative estimate of drug-likeness (QED) is 0.747. The molecule has 5 nitrogen and oxygen atoms in total. The van der Waals surface area contributed by atoms with Crippen LogP contribution in [0, 0.1) is 5.92 Å². The van der Waals surface area contributed by atoms with Gasteiger partial charge < -0.3 is 14.5 Å². The van der Waals surface area contributed by atoms with Gasteiger partial charge in [0.05, 0.1) is 23.4 Å². The zero-order valence-corrected chi connectivity index (χ0v) is 16.8. The van der Waals surface area contributed by atoms with Crippen LogP contribution < -0.4 is 4.90 Å². The van der Waals surface area contributed by atoms with E-state index in [9.17, 15) is 4.79 Å². The minimum Gasteiger partial charge on any atom is -0.378 e. The minimum absolute atomic E-state index is 0.302. The lowest BCUT2D eigenvalue weighted by atomic mass is 9.93. The van der Waals surface area contributed by atoms with E-state index >= 15 is 0 Å². The molecule has 7 heteroatoms. The van der Waals surface area contributed by atoms with Crippen molar-refractivity contribution in [3.8, 4) is 0 Å². The molecule has 2 aliphatic rings. The minimum atomic E-state index is 0.302. The van der Waals surface area contributed by atoms with Gasteiger partial charge in [0.1, 0.15) is 0 Å². The van der Waals surface area contributed by atoms with Gasteiger partial charge in [-0.2, -0.15) is 0 Å². The van der Waals surface area contributed by atoms with Crippen LogP contribution in [0.15, 0.2) is 23.1 Å². The van der Waals surface area contributed by atoms with Gasteiger partial charge in [0, 0.05) is 37.5 Å². The molecule has 0 aliphatic carbocycles. The molecule has 0 saturated carbocycles. The number of hydrogen-bond acceptors (Lipinski definition) is 6. The van der Waals surface area contributed by atoms with Crippen LogP contribution in [0.5, 0.6) is 0 Å². The average molecular weight is 392 g/mol. The first-order chi connectivity index (χ1) is 12.7. The van der Waals surface area contributed by atoms with Crippen molar-refractivity contribution in [2.24, 2.45) is 5.92 Å². The number of carbonyl (C=O) groups excluding carboxylic acids is 1. The zero-order chi connectivity index (χ0) is 17.9. The van der Waals surface area contributed by atoms with Crippen LogP contribution in [0.1, 0.15) is 19.3 Å². The van der Waals surface area contributed by atoms with E-state index in [0.717, 1.165) is 49.7 Å². The summed E-state index contributed by atoms with van der Waals surface area (Å²) < 4.78 is 6.60. The number of benzene rings is 1. The maximum atomic E-state index is 12.4. The number of anilines is 1. The van der Waals surface area contributed by atoms with Crippen LogP contribution in [0.2, 0.25) is 0 Å². The Hall–Kier alpha value is -1.31. The summed E-state index contributed by atoms with van der Waals surface area (Å²) in [6, 6.07) is 6.49. The topological polar surface area (TPSA) is 45.7 Å². The third-order valence-corrected chi connectivity index (χ3v) is 7.10. The number of nitrogens with zero attached hydrogens (tertiary/aromatic N) is 3. The van der Waals surface area contributed by atoms with E-state index in [1.165, 1.54) is 9.60 Å². The molecule has 2 saturated heterocycles. The molecular formula is C19H25N3O2S2. The molecule has 0 N–H and O–H groups in total. The van der Waals surface area contributed by atoms with Gasteiger partial charge in [0.2, 0.25) is 5.91 Å². The Kier molecular flexibility index (Phi) is 5.66. The molecule has 0 unspecified atom stereocenters. The molecule has 2 aromatic rings. The number of ether oxygens (including phenoxy) is 1. The molecule has 1 aromatic carbocycles. The van der Waals surface area contributed by atoms with Crippen molar-refractivity contribution in [3.63, 3.8) is 0 Å².